The van der Waals surface area contributed by atoms with Crippen LogP contribution in [0.5, 0.6) is 0 Å². The fourth-order valence-corrected chi connectivity index (χ4v) is 5.74. The van der Waals surface area contributed by atoms with Crippen LogP contribution >= 0.6 is 11.3 Å². The van der Waals surface area contributed by atoms with Crippen LogP contribution in [0.4, 0.5) is 5.00 Å². The second-order valence-electron chi connectivity index (χ2n) is 8.44. The summed E-state index contributed by atoms with van der Waals surface area (Å²) in [6.45, 7) is 5.40. The van der Waals surface area contributed by atoms with Crippen molar-refractivity contribution in [3.05, 3.63) is 68.6 Å². The number of esters is 1. The van der Waals surface area contributed by atoms with Crippen LogP contribution in [0.15, 0.2) is 41.3 Å². The molecule has 0 saturated heterocycles. The summed E-state index contributed by atoms with van der Waals surface area (Å²) in [7, 11) is 0. The minimum atomic E-state index is -0.920. The molecule has 0 radical (unpaired) electrons. The summed E-state index contributed by atoms with van der Waals surface area (Å²) < 4.78 is 7.99. The van der Waals surface area contributed by atoms with Crippen LogP contribution in [0.1, 0.15) is 52.8 Å². The molecule has 4 aromatic rings. The van der Waals surface area contributed by atoms with Crippen molar-refractivity contribution in [2.45, 2.75) is 46.1 Å². The van der Waals surface area contributed by atoms with E-state index in [1.165, 1.54) is 16.0 Å². The lowest BCUT2D eigenvalue weighted by molar-refractivity contribution is -0.119. The summed E-state index contributed by atoms with van der Waals surface area (Å²) in [5.41, 5.74) is 2.64. The summed E-state index contributed by atoms with van der Waals surface area (Å²) in [6, 6.07) is 8.41. The Labute approximate surface area is 205 Å². The molecule has 1 aromatic carbocycles. The van der Waals surface area contributed by atoms with Gasteiger partial charge in [0.2, 0.25) is 5.91 Å². The molecule has 0 fully saturated rings. The van der Waals surface area contributed by atoms with E-state index in [0.717, 1.165) is 35.4 Å². The number of thiophene rings is 1. The van der Waals surface area contributed by atoms with Crippen LogP contribution in [0.3, 0.4) is 0 Å². The van der Waals surface area contributed by atoms with Crippen molar-refractivity contribution in [2.75, 3.05) is 11.9 Å². The third kappa shape index (κ3) is 3.93. The molecule has 0 saturated carbocycles. The van der Waals surface area contributed by atoms with Crippen molar-refractivity contribution >= 4 is 39.1 Å². The number of aryl methyl sites for hydroxylation is 2. The topological polar surface area (TPSA) is 108 Å². The molecule has 1 atom stereocenters. The number of nitrogens with one attached hydrogen (secondary N) is 1. The van der Waals surface area contributed by atoms with Gasteiger partial charge in [0.25, 0.3) is 5.56 Å². The molecule has 1 aliphatic carbocycles. The standard InChI is InChI=1S/C25H25N5O4S/c1-4-34-25(33)20-17-11-8-12-19(17)35-23(20)27-22(31)15(3)29-24(32)21-18(14(2)28-29)13-26-30(21)16-9-6-5-7-10-16/h5-7,9-10,13,15H,4,8,11-12H2,1-3H3,(H,27,31). The van der Waals surface area contributed by atoms with Gasteiger partial charge in [0.15, 0.2) is 0 Å². The van der Waals surface area contributed by atoms with E-state index < -0.39 is 23.5 Å². The Hall–Kier alpha value is -3.79. The van der Waals surface area contributed by atoms with Crippen molar-refractivity contribution in [1.29, 1.82) is 0 Å². The van der Waals surface area contributed by atoms with Crippen LogP contribution in [0, 0.1) is 6.92 Å². The van der Waals surface area contributed by atoms with Crippen LogP contribution in [-0.4, -0.2) is 38.0 Å². The Balaban J connectivity index is 1.51. The second-order valence-corrected chi connectivity index (χ2v) is 9.54. The first-order valence-corrected chi connectivity index (χ1v) is 12.4. The van der Waals surface area contributed by atoms with Gasteiger partial charge >= 0.3 is 5.97 Å². The van der Waals surface area contributed by atoms with E-state index in [1.54, 1.807) is 31.6 Å². The highest BCUT2D eigenvalue weighted by Gasteiger charge is 2.30. The Morgan fingerprint density at radius 1 is 1.23 bits per heavy atom. The van der Waals surface area contributed by atoms with Crippen molar-refractivity contribution < 1.29 is 14.3 Å². The summed E-state index contributed by atoms with van der Waals surface area (Å²) in [4.78, 5) is 40.5. The third-order valence-electron chi connectivity index (χ3n) is 6.21. The number of anilines is 1. The Morgan fingerprint density at radius 2 is 2.00 bits per heavy atom. The van der Waals surface area contributed by atoms with Crippen molar-refractivity contribution in [3.63, 3.8) is 0 Å². The van der Waals surface area contributed by atoms with Gasteiger partial charge in [-0.2, -0.15) is 10.2 Å². The summed E-state index contributed by atoms with van der Waals surface area (Å²) in [5.74, 6) is -0.872. The first-order valence-electron chi connectivity index (χ1n) is 11.6. The molecule has 3 heterocycles. The van der Waals surface area contributed by atoms with Gasteiger partial charge in [-0.1, -0.05) is 18.2 Å². The lowest BCUT2D eigenvalue weighted by Gasteiger charge is -2.16. The fraction of sp³-hybridized carbons (Fsp3) is 0.320. The van der Waals surface area contributed by atoms with Gasteiger partial charge in [-0.05, 0) is 57.7 Å². The molecule has 0 spiro atoms. The van der Waals surface area contributed by atoms with Gasteiger partial charge in [-0.3, -0.25) is 9.59 Å². The molecule has 1 N–H and O–H groups in total. The SMILES string of the molecule is CCOC(=O)c1c(NC(=O)C(C)n2nc(C)c3cnn(-c4ccccc4)c3c2=O)sc2c1CCC2. The van der Waals surface area contributed by atoms with Gasteiger partial charge in [-0.15, -0.1) is 11.3 Å². The first-order chi connectivity index (χ1) is 16.9. The Bertz CT molecular complexity index is 1500. The molecular weight excluding hydrogens is 466 g/mol. The van der Waals surface area contributed by atoms with E-state index in [4.69, 9.17) is 4.74 Å². The Kier molecular flexibility index (Phi) is 5.98. The summed E-state index contributed by atoms with van der Waals surface area (Å²) >= 11 is 1.40. The molecular formula is C25H25N5O4S. The molecule has 5 rings (SSSR count). The molecule has 35 heavy (non-hydrogen) atoms. The summed E-state index contributed by atoms with van der Waals surface area (Å²) in [6.07, 6.45) is 4.25. The number of rotatable bonds is 6. The minimum absolute atomic E-state index is 0.251. The number of para-hydroxylation sites is 1. The number of nitrogens with zero attached hydrogens (tertiary/aromatic N) is 4. The number of hydrogen-bond donors (Lipinski definition) is 1. The highest BCUT2D eigenvalue weighted by Crippen LogP contribution is 2.39. The van der Waals surface area contributed by atoms with E-state index in [-0.39, 0.29) is 6.61 Å². The van der Waals surface area contributed by atoms with E-state index in [0.29, 0.717) is 27.2 Å². The predicted octanol–water partition coefficient (Wildman–Crippen LogP) is 3.82. The maximum atomic E-state index is 13.5. The number of benzene rings is 1. The van der Waals surface area contributed by atoms with Crippen LogP contribution in [-0.2, 0) is 22.4 Å². The lowest BCUT2D eigenvalue weighted by atomic mass is 10.1. The predicted molar refractivity (Wildman–Crippen MR) is 134 cm³/mol. The smallest absolute Gasteiger partial charge is 0.341 e. The van der Waals surface area contributed by atoms with E-state index in [9.17, 15) is 14.4 Å². The quantitative estimate of drug-likeness (QED) is 0.411. The molecule has 3 aromatic heterocycles. The average Bonchev–Trinajstić information content (AvgIpc) is 3.56. The average molecular weight is 492 g/mol. The van der Waals surface area contributed by atoms with Crippen LogP contribution in [0.25, 0.3) is 16.6 Å². The van der Waals surface area contributed by atoms with Crippen molar-refractivity contribution in [2.24, 2.45) is 0 Å². The molecule has 10 heteroatoms. The number of fused-ring (bicyclic) bond motifs is 2. The molecule has 1 amide bonds. The van der Waals surface area contributed by atoms with E-state index >= 15 is 0 Å². The molecule has 0 bridgehead atoms. The number of hydrogen-bond acceptors (Lipinski definition) is 7. The van der Waals surface area contributed by atoms with Gasteiger partial charge in [0, 0.05) is 10.3 Å². The fourth-order valence-electron chi connectivity index (χ4n) is 4.45. The zero-order chi connectivity index (χ0) is 24.7. The monoisotopic (exact) mass is 491 g/mol. The zero-order valence-electron chi connectivity index (χ0n) is 19.7. The van der Waals surface area contributed by atoms with E-state index in [2.05, 4.69) is 15.5 Å². The highest BCUT2D eigenvalue weighted by atomic mass is 32.1. The number of amides is 1. The third-order valence-corrected chi connectivity index (χ3v) is 7.42. The lowest BCUT2D eigenvalue weighted by Crippen LogP contribution is -2.34. The number of carbonyl (C=O) groups is 2. The molecule has 0 aliphatic heterocycles. The van der Waals surface area contributed by atoms with Crippen LogP contribution in [0.2, 0.25) is 0 Å². The zero-order valence-corrected chi connectivity index (χ0v) is 20.5. The number of aromatic nitrogens is 4. The Morgan fingerprint density at radius 3 is 2.74 bits per heavy atom. The van der Waals surface area contributed by atoms with Gasteiger partial charge in [0.1, 0.15) is 16.6 Å². The maximum absolute atomic E-state index is 13.5. The normalized spacial score (nSPS) is 13.6. The largest absolute Gasteiger partial charge is 0.462 e. The second kappa shape index (κ2) is 9.10. The van der Waals surface area contributed by atoms with Gasteiger partial charge in [0.05, 0.1) is 29.7 Å². The van der Waals surface area contributed by atoms with Gasteiger partial charge < -0.3 is 10.1 Å². The molecule has 9 nitrogen and oxygen atoms in total. The highest BCUT2D eigenvalue weighted by molar-refractivity contribution is 7.17. The molecule has 1 aliphatic rings. The molecule has 1 unspecified atom stereocenters. The van der Waals surface area contributed by atoms with Crippen molar-refractivity contribution in [3.8, 4) is 5.69 Å². The molecule has 180 valence electrons. The number of ether oxygens (including phenoxy) is 1. The maximum Gasteiger partial charge on any atom is 0.341 e. The van der Waals surface area contributed by atoms with E-state index in [1.807, 2.05) is 30.3 Å². The van der Waals surface area contributed by atoms with Gasteiger partial charge in [-0.25, -0.2) is 14.2 Å². The van der Waals surface area contributed by atoms with Crippen molar-refractivity contribution in [1.82, 2.24) is 19.6 Å². The minimum Gasteiger partial charge on any atom is -0.462 e. The first kappa shape index (κ1) is 23.0. The number of carbonyl (C=O) groups excluding carboxylic acids is 2. The van der Waals surface area contributed by atoms with Crippen LogP contribution < -0.4 is 10.9 Å². The summed E-state index contributed by atoms with van der Waals surface area (Å²) in [5, 5.41) is 12.8.